The number of nitrogens with zero attached hydrogens (tertiary/aromatic N) is 1. The smallest absolute Gasteiger partial charge is 0.244 e. The largest absolute Gasteiger partial charge is 0.381 e. The van der Waals surface area contributed by atoms with Crippen molar-refractivity contribution in [1.82, 2.24) is 4.90 Å². The fourth-order valence-corrected chi connectivity index (χ4v) is 2.90. The summed E-state index contributed by atoms with van der Waals surface area (Å²) < 4.78 is 5.22. The average Bonchev–Trinajstić information content (AvgIpc) is 2.51. The van der Waals surface area contributed by atoms with Crippen molar-refractivity contribution in [1.29, 1.82) is 0 Å². The van der Waals surface area contributed by atoms with Crippen LogP contribution in [0.1, 0.15) is 12.8 Å². The first kappa shape index (κ1) is 21.0. The molecule has 3 N–H and O–H groups in total. The third-order valence-electron chi connectivity index (χ3n) is 3.77. The maximum atomic E-state index is 12.5. The third-order valence-corrected chi connectivity index (χ3v) is 4.40. The van der Waals surface area contributed by atoms with Crippen LogP contribution >= 0.6 is 35.6 Å². The Morgan fingerprint density at radius 2 is 1.83 bits per heavy atom. The van der Waals surface area contributed by atoms with Gasteiger partial charge in [0.05, 0.1) is 27.8 Å². The van der Waals surface area contributed by atoms with Crippen molar-refractivity contribution in [2.45, 2.75) is 18.4 Å². The van der Waals surface area contributed by atoms with Crippen molar-refractivity contribution < 1.29 is 14.3 Å². The molecule has 24 heavy (non-hydrogen) atoms. The molecule has 0 spiro atoms. The predicted octanol–water partition coefficient (Wildman–Crippen LogP) is 2.32. The van der Waals surface area contributed by atoms with E-state index in [2.05, 4.69) is 5.32 Å². The summed E-state index contributed by atoms with van der Waals surface area (Å²) in [5, 5.41) is 3.28. The molecule has 1 saturated heterocycles. The Labute approximate surface area is 157 Å². The number of anilines is 1. The van der Waals surface area contributed by atoms with E-state index in [4.69, 9.17) is 33.7 Å². The number of nitrogens with two attached hydrogens (primary N) is 1. The second-order valence-corrected chi connectivity index (χ2v) is 6.39. The molecule has 0 bridgehead atoms. The molecule has 1 aromatic rings. The number of benzene rings is 1. The lowest BCUT2D eigenvalue weighted by atomic mass is 9.90. The van der Waals surface area contributed by atoms with E-state index >= 15 is 0 Å². The molecule has 1 aliphatic heterocycles. The molecule has 0 radical (unpaired) electrons. The molecule has 0 unspecified atom stereocenters. The van der Waals surface area contributed by atoms with E-state index < -0.39 is 11.4 Å². The summed E-state index contributed by atoms with van der Waals surface area (Å²) in [4.78, 5) is 25.9. The molecular formula is C15H20Cl3N3O3. The quantitative estimate of drug-likeness (QED) is 0.818. The van der Waals surface area contributed by atoms with Crippen LogP contribution in [0.2, 0.25) is 10.0 Å². The van der Waals surface area contributed by atoms with Gasteiger partial charge in [-0.1, -0.05) is 29.3 Å². The average molecular weight is 397 g/mol. The molecule has 1 fully saturated rings. The highest BCUT2D eigenvalue weighted by Gasteiger charge is 2.38. The molecule has 1 heterocycles. The first-order valence-electron chi connectivity index (χ1n) is 7.19. The van der Waals surface area contributed by atoms with Crippen molar-refractivity contribution >= 4 is 53.1 Å². The standard InChI is InChI=1S/C15H19Cl2N3O3.ClH/c1-20(14(22)15(18)5-7-23-8-6-15)9-12(21)19-13-10(16)3-2-4-11(13)17;/h2-4H,5-9,18H2,1H3,(H,19,21);1H. The van der Waals surface area contributed by atoms with Crippen molar-refractivity contribution in [3.8, 4) is 0 Å². The Kier molecular flexibility index (Phi) is 7.76. The third kappa shape index (κ3) is 4.97. The first-order valence-corrected chi connectivity index (χ1v) is 7.95. The number of halogens is 3. The summed E-state index contributed by atoms with van der Waals surface area (Å²) in [5.74, 6) is -0.673. The highest BCUT2D eigenvalue weighted by Crippen LogP contribution is 2.29. The van der Waals surface area contributed by atoms with Gasteiger partial charge in [0.1, 0.15) is 0 Å². The molecule has 2 rings (SSSR count). The van der Waals surface area contributed by atoms with E-state index in [1.165, 1.54) is 4.90 Å². The minimum absolute atomic E-state index is 0. The Bertz CT molecular complexity index is 587. The van der Waals surface area contributed by atoms with Crippen LogP contribution in [0.4, 0.5) is 5.69 Å². The molecule has 0 aromatic heterocycles. The van der Waals surface area contributed by atoms with E-state index in [9.17, 15) is 9.59 Å². The van der Waals surface area contributed by atoms with Gasteiger partial charge in [-0.2, -0.15) is 0 Å². The maximum absolute atomic E-state index is 12.5. The van der Waals surface area contributed by atoms with Crippen LogP contribution in [0.3, 0.4) is 0 Å². The van der Waals surface area contributed by atoms with Crippen LogP contribution < -0.4 is 11.1 Å². The molecule has 9 heteroatoms. The lowest BCUT2D eigenvalue weighted by Crippen LogP contribution is -2.58. The summed E-state index contributed by atoms with van der Waals surface area (Å²) in [6.07, 6.45) is 0.877. The van der Waals surface area contributed by atoms with Crippen molar-refractivity contribution in [2.24, 2.45) is 5.73 Å². The molecular weight excluding hydrogens is 377 g/mol. The van der Waals surface area contributed by atoms with Gasteiger partial charge in [0.2, 0.25) is 11.8 Å². The molecule has 134 valence electrons. The van der Waals surface area contributed by atoms with E-state index in [-0.39, 0.29) is 24.9 Å². The Hall–Kier alpha value is -1.05. The van der Waals surface area contributed by atoms with Gasteiger partial charge in [-0.25, -0.2) is 0 Å². The summed E-state index contributed by atoms with van der Waals surface area (Å²) in [6, 6.07) is 4.92. The van der Waals surface area contributed by atoms with Gasteiger partial charge < -0.3 is 20.7 Å². The second kappa shape index (κ2) is 8.87. The maximum Gasteiger partial charge on any atom is 0.244 e. The minimum atomic E-state index is -0.977. The summed E-state index contributed by atoms with van der Waals surface area (Å²) in [5.41, 5.74) is 5.49. The zero-order valence-electron chi connectivity index (χ0n) is 13.2. The highest BCUT2D eigenvalue weighted by atomic mass is 35.5. The van der Waals surface area contributed by atoms with Crippen molar-refractivity contribution in [3.63, 3.8) is 0 Å². The molecule has 0 atom stereocenters. The summed E-state index contributed by atoms with van der Waals surface area (Å²) in [7, 11) is 1.54. The lowest BCUT2D eigenvalue weighted by molar-refractivity contribution is -0.141. The topological polar surface area (TPSA) is 84.7 Å². The van der Waals surface area contributed by atoms with Crippen molar-refractivity contribution in [3.05, 3.63) is 28.2 Å². The van der Waals surface area contributed by atoms with Gasteiger partial charge in [-0.3, -0.25) is 9.59 Å². The number of likely N-dealkylation sites (N-methyl/N-ethyl adjacent to an activating group) is 1. The fourth-order valence-electron chi connectivity index (χ4n) is 2.41. The van der Waals surface area contributed by atoms with Gasteiger partial charge in [-0.05, 0) is 25.0 Å². The lowest BCUT2D eigenvalue weighted by Gasteiger charge is -2.35. The Balaban J connectivity index is 0.00000288. The van der Waals surface area contributed by atoms with Gasteiger partial charge in [0.25, 0.3) is 0 Å². The van der Waals surface area contributed by atoms with E-state index in [0.717, 1.165) is 0 Å². The molecule has 6 nitrogen and oxygen atoms in total. The number of rotatable bonds is 4. The van der Waals surface area contributed by atoms with Crippen LogP contribution in [0.25, 0.3) is 0 Å². The predicted molar refractivity (Wildman–Crippen MR) is 96.9 cm³/mol. The van der Waals surface area contributed by atoms with E-state index in [1.54, 1.807) is 25.2 Å². The Morgan fingerprint density at radius 1 is 1.29 bits per heavy atom. The zero-order valence-corrected chi connectivity index (χ0v) is 15.5. The molecule has 0 saturated carbocycles. The molecule has 0 aliphatic carbocycles. The zero-order chi connectivity index (χ0) is 17.0. The number of amides is 2. The van der Waals surface area contributed by atoms with Gasteiger partial charge >= 0.3 is 0 Å². The number of carbonyl (C=O) groups excluding carboxylic acids is 2. The van der Waals surface area contributed by atoms with Crippen LogP contribution in [-0.4, -0.2) is 49.1 Å². The molecule has 1 aromatic carbocycles. The minimum Gasteiger partial charge on any atom is -0.381 e. The fraction of sp³-hybridized carbons (Fsp3) is 0.467. The second-order valence-electron chi connectivity index (χ2n) is 5.57. The summed E-state index contributed by atoms with van der Waals surface area (Å²) in [6.45, 7) is 0.745. The Morgan fingerprint density at radius 3 is 2.38 bits per heavy atom. The SMILES string of the molecule is CN(CC(=O)Nc1c(Cl)cccc1Cl)C(=O)C1(N)CCOCC1.Cl. The molecule has 1 aliphatic rings. The van der Waals surface area contributed by atoms with Crippen molar-refractivity contribution in [2.75, 3.05) is 32.1 Å². The number of para-hydroxylation sites is 1. The monoisotopic (exact) mass is 395 g/mol. The van der Waals surface area contributed by atoms with E-state index in [1.807, 2.05) is 0 Å². The van der Waals surface area contributed by atoms with Crippen LogP contribution in [-0.2, 0) is 14.3 Å². The number of hydrogen-bond acceptors (Lipinski definition) is 4. The van der Waals surface area contributed by atoms with Crippen LogP contribution in [0.5, 0.6) is 0 Å². The highest BCUT2D eigenvalue weighted by molar-refractivity contribution is 6.39. The van der Waals surface area contributed by atoms with Crippen LogP contribution in [0, 0.1) is 0 Å². The summed E-state index contributed by atoms with van der Waals surface area (Å²) >= 11 is 12.0. The van der Waals surface area contributed by atoms with Gasteiger partial charge in [-0.15, -0.1) is 12.4 Å². The number of nitrogens with one attached hydrogen (secondary N) is 1. The van der Waals surface area contributed by atoms with E-state index in [0.29, 0.717) is 41.8 Å². The normalized spacial score (nSPS) is 16.0. The number of hydrogen-bond donors (Lipinski definition) is 2. The first-order chi connectivity index (χ1) is 10.8. The van der Waals surface area contributed by atoms with Gasteiger partial charge in [0, 0.05) is 20.3 Å². The molecule has 2 amide bonds. The van der Waals surface area contributed by atoms with Gasteiger partial charge in [0.15, 0.2) is 0 Å². The van der Waals surface area contributed by atoms with Crippen LogP contribution in [0.15, 0.2) is 18.2 Å². The number of ether oxygens (including phenoxy) is 1. The number of carbonyl (C=O) groups is 2.